The van der Waals surface area contributed by atoms with Gasteiger partial charge in [0.1, 0.15) is 6.04 Å². The van der Waals surface area contributed by atoms with E-state index in [0.717, 1.165) is 0 Å². The predicted octanol–water partition coefficient (Wildman–Crippen LogP) is 1.84. The van der Waals surface area contributed by atoms with Crippen molar-refractivity contribution in [1.29, 1.82) is 0 Å². The molecule has 8 heteroatoms. The molecule has 0 aliphatic carbocycles. The zero-order valence-corrected chi connectivity index (χ0v) is 17.2. The Labute approximate surface area is 175 Å². The van der Waals surface area contributed by atoms with Gasteiger partial charge in [0.05, 0.1) is 11.1 Å². The van der Waals surface area contributed by atoms with Crippen molar-refractivity contribution in [3.05, 3.63) is 53.9 Å². The number of imide groups is 1. The molecule has 8 nitrogen and oxygen atoms in total. The van der Waals surface area contributed by atoms with Crippen LogP contribution in [0.25, 0.3) is 0 Å². The highest BCUT2D eigenvalue weighted by molar-refractivity contribution is 6.22. The fraction of sp³-hybridized carbons (Fsp3) is 0.409. The fourth-order valence-electron chi connectivity index (χ4n) is 4.05. The maximum atomic E-state index is 13.4. The van der Waals surface area contributed by atoms with Gasteiger partial charge in [0.2, 0.25) is 11.9 Å². The Morgan fingerprint density at radius 1 is 0.933 bits per heavy atom. The van der Waals surface area contributed by atoms with E-state index in [2.05, 4.69) is 9.97 Å². The molecule has 2 aliphatic rings. The Morgan fingerprint density at radius 2 is 1.50 bits per heavy atom. The van der Waals surface area contributed by atoms with E-state index in [-0.39, 0.29) is 23.6 Å². The topological polar surface area (TPSA) is 86.7 Å². The molecular formula is C22H25N5O3. The molecular weight excluding hydrogens is 382 g/mol. The Morgan fingerprint density at radius 3 is 2.03 bits per heavy atom. The lowest BCUT2D eigenvalue weighted by Gasteiger charge is -2.38. The number of rotatable bonds is 5. The summed E-state index contributed by atoms with van der Waals surface area (Å²) in [5.41, 5.74) is 0.741. The minimum absolute atomic E-state index is 0.155. The summed E-state index contributed by atoms with van der Waals surface area (Å²) in [5.74, 6) is -0.144. The number of benzene rings is 1. The predicted molar refractivity (Wildman–Crippen MR) is 111 cm³/mol. The molecule has 1 atom stereocenters. The number of anilines is 1. The molecule has 1 unspecified atom stereocenters. The largest absolute Gasteiger partial charge is 0.337 e. The second kappa shape index (κ2) is 8.22. The maximum absolute atomic E-state index is 13.4. The average Bonchev–Trinajstić information content (AvgIpc) is 3.02. The highest BCUT2D eigenvalue weighted by Gasteiger charge is 2.44. The number of fused-ring (bicyclic) bond motifs is 1. The van der Waals surface area contributed by atoms with Gasteiger partial charge >= 0.3 is 0 Å². The number of carbonyl (C=O) groups excluding carboxylic acids is 3. The summed E-state index contributed by atoms with van der Waals surface area (Å²) in [5, 5.41) is 0. The number of hydrogen-bond donors (Lipinski definition) is 0. The van der Waals surface area contributed by atoms with Crippen LogP contribution in [-0.2, 0) is 4.79 Å². The van der Waals surface area contributed by atoms with Gasteiger partial charge in [-0.1, -0.05) is 26.0 Å². The number of amides is 3. The van der Waals surface area contributed by atoms with Crippen molar-refractivity contribution in [2.24, 2.45) is 5.92 Å². The van der Waals surface area contributed by atoms with E-state index in [1.54, 1.807) is 47.6 Å². The van der Waals surface area contributed by atoms with Crippen LogP contribution in [0.2, 0.25) is 0 Å². The van der Waals surface area contributed by atoms with Gasteiger partial charge in [0.25, 0.3) is 11.8 Å². The van der Waals surface area contributed by atoms with Crippen molar-refractivity contribution in [2.45, 2.75) is 26.3 Å². The van der Waals surface area contributed by atoms with Crippen molar-refractivity contribution in [3.63, 3.8) is 0 Å². The van der Waals surface area contributed by atoms with Crippen molar-refractivity contribution in [1.82, 2.24) is 19.8 Å². The molecule has 1 fully saturated rings. The summed E-state index contributed by atoms with van der Waals surface area (Å²) in [6.45, 7) is 6.18. The smallest absolute Gasteiger partial charge is 0.262 e. The van der Waals surface area contributed by atoms with E-state index < -0.39 is 6.04 Å². The third-order valence-electron chi connectivity index (χ3n) is 5.54. The molecule has 0 spiro atoms. The van der Waals surface area contributed by atoms with Gasteiger partial charge in [0, 0.05) is 38.6 Å². The summed E-state index contributed by atoms with van der Waals surface area (Å²) in [6, 6.07) is 7.73. The summed E-state index contributed by atoms with van der Waals surface area (Å²) < 4.78 is 0. The number of aromatic nitrogens is 2. The van der Waals surface area contributed by atoms with Crippen LogP contribution in [0.1, 0.15) is 41.0 Å². The van der Waals surface area contributed by atoms with E-state index in [9.17, 15) is 14.4 Å². The molecule has 4 rings (SSSR count). The maximum Gasteiger partial charge on any atom is 0.262 e. The lowest BCUT2D eigenvalue weighted by molar-refractivity contribution is -0.136. The zero-order chi connectivity index (χ0) is 21.3. The molecule has 0 saturated carbocycles. The number of piperazine rings is 1. The van der Waals surface area contributed by atoms with Gasteiger partial charge < -0.3 is 9.80 Å². The Balaban J connectivity index is 1.52. The SMILES string of the molecule is CC(C)CC(C(=O)N1CCN(c2ncccn2)CC1)N1C(=O)c2ccccc2C1=O. The Hall–Kier alpha value is -3.29. The molecule has 3 amide bonds. The third-order valence-corrected chi connectivity index (χ3v) is 5.54. The van der Waals surface area contributed by atoms with E-state index >= 15 is 0 Å². The zero-order valence-electron chi connectivity index (χ0n) is 17.2. The molecule has 1 saturated heterocycles. The standard InChI is InChI=1S/C22H25N5O3/c1-15(2)14-18(27-19(28)16-6-3-4-7-17(16)20(27)29)21(30)25-10-12-26(13-11-25)22-23-8-5-9-24-22/h3-9,15,18H,10-14H2,1-2H3. The van der Waals surface area contributed by atoms with Gasteiger partial charge in [-0.15, -0.1) is 0 Å². The second-order valence-electron chi connectivity index (χ2n) is 8.03. The number of hydrogen-bond acceptors (Lipinski definition) is 6. The van der Waals surface area contributed by atoms with Gasteiger partial charge in [-0.25, -0.2) is 9.97 Å². The first-order valence-electron chi connectivity index (χ1n) is 10.2. The molecule has 3 heterocycles. The number of carbonyl (C=O) groups is 3. The highest BCUT2D eigenvalue weighted by Crippen LogP contribution is 2.28. The van der Waals surface area contributed by atoms with Crippen LogP contribution >= 0.6 is 0 Å². The molecule has 0 radical (unpaired) electrons. The van der Waals surface area contributed by atoms with E-state index in [4.69, 9.17) is 0 Å². The Kier molecular flexibility index (Phi) is 5.48. The summed E-state index contributed by atoms with van der Waals surface area (Å²) in [4.78, 5) is 52.8. The second-order valence-corrected chi connectivity index (χ2v) is 8.03. The number of nitrogens with zero attached hydrogens (tertiary/aromatic N) is 5. The van der Waals surface area contributed by atoms with Crippen LogP contribution in [0.3, 0.4) is 0 Å². The first kappa shape index (κ1) is 20.0. The van der Waals surface area contributed by atoms with Crippen molar-refractivity contribution in [3.8, 4) is 0 Å². The fourth-order valence-corrected chi connectivity index (χ4v) is 4.05. The van der Waals surface area contributed by atoms with Gasteiger partial charge in [0.15, 0.2) is 0 Å². The van der Waals surface area contributed by atoms with Crippen molar-refractivity contribution < 1.29 is 14.4 Å². The van der Waals surface area contributed by atoms with E-state index in [1.807, 2.05) is 18.7 Å². The molecule has 156 valence electrons. The molecule has 0 N–H and O–H groups in total. The lowest BCUT2D eigenvalue weighted by atomic mass is 10.0. The van der Waals surface area contributed by atoms with Crippen LogP contribution in [0.15, 0.2) is 42.7 Å². The van der Waals surface area contributed by atoms with Crippen molar-refractivity contribution >= 4 is 23.7 Å². The quantitative estimate of drug-likeness (QED) is 0.703. The highest BCUT2D eigenvalue weighted by atomic mass is 16.2. The van der Waals surface area contributed by atoms with Gasteiger partial charge in [-0.3, -0.25) is 19.3 Å². The van der Waals surface area contributed by atoms with Crippen LogP contribution in [0.4, 0.5) is 5.95 Å². The first-order valence-corrected chi connectivity index (χ1v) is 10.2. The van der Waals surface area contributed by atoms with Crippen LogP contribution in [0, 0.1) is 5.92 Å². The van der Waals surface area contributed by atoms with E-state index in [1.165, 1.54) is 4.90 Å². The minimum Gasteiger partial charge on any atom is -0.337 e. The third kappa shape index (κ3) is 3.65. The first-order chi connectivity index (χ1) is 14.5. The summed E-state index contributed by atoms with van der Waals surface area (Å²) in [6.07, 6.45) is 3.83. The summed E-state index contributed by atoms with van der Waals surface area (Å²) >= 11 is 0. The molecule has 1 aromatic heterocycles. The molecule has 0 bridgehead atoms. The van der Waals surface area contributed by atoms with Gasteiger partial charge in [-0.05, 0) is 30.5 Å². The average molecular weight is 407 g/mol. The molecule has 2 aromatic rings. The van der Waals surface area contributed by atoms with Crippen LogP contribution in [-0.4, -0.2) is 69.7 Å². The van der Waals surface area contributed by atoms with Crippen LogP contribution in [0.5, 0.6) is 0 Å². The minimum atomic E-state index is -0.795. The van der Waals surface area contributed by atoms with Gasteiger partial charge in [-0.2, -0.15) is 0 Å². The van der Waals surface area contributed by atoms with Crippen molar-refractivity contribution in [2.75, 3.05) is 31.1 Å². The van der Waals surface area contributed by atoms with E-state index in [0.29, 0.717) is 49.7 Å². The molecule has 1 aromatic carbocycles. The molecule has 30 heavy (non-hydrogen) atoms. The monoisotopic (exact) mass is 407 g/mol. The Bertz CT molecular complexity index is 919. The van der Waals surface area contributed by atoms with Crippen LogP contribution < -0.4 is 4.90 Å². The summed E-state index contributed by atoms with van der Waals surface area (Å²) in [7, 11) is 0. The lowest BCUT2D eigenvalue weighted by Crippen LogP contribution is -2.56. The normalized spacial score (nSPS) is 17.5. The molecule has 2 aliphatic heterocycles.